The highest BCUT2D eigenvalue weighted by Crippen LogP contribution is 2.19. The van der Waals surface area contributed by atoms with Gasteiger partial charge in [0.1, 0.15) is 19.0 Å². The molecule has 0 bridgehead atoms. The second-order valence-corrected chi connectivity index (χ2v) is 11.9. The van der Waals surface area contributed by atoms with E-state index in [0.717, 1.165) is 23.3 Å². The Bertz CT molecular complexity index is 847. The lowest BCUT2D eigenvalue weighted by Crippen LogP contribution is -2.22. The van der Waals surface area contributed by atoms with E-state index in [1.807, 2.05) is 91.8 Å². The predicted molar refractivity (Wildman–Crippen MR) is 146 cm³/mol. The second kappa shape index (κ2) is 14.1. The van der Waals surface area contributed by atoms with Crippen LogP contribution in [0.15, 0.2) is 48.5 Å². The number of ether oxygens (including phenoxy) is 3. The first-order valence-electron chi connectivity index (χ1n) is 12.8. The molecule has 5 heteroatoms. The van der Waals surface area contributed by atoms with Gasteiger partial charge in [-0.1, -0.05) is 50.2 Å². The van der Waals surface area contributed by atoms with Gasteiger partial charge in [-0.3, -0.25) is 9.59 Å². The number of carbonyl (C=O) groups excluding carboxylic acids is 2. The minimum Gasteiger partial charge on any atom is -0.491 e. The van der Waals surface area contributed by atoms with Crippen LogP contribution in [0, 0.1) is 16.7 Å². The standard InChI is InChI=1S/C16H24O2.C15H22O3/c1-12(2)10-13-6-8-14(9-7-13)11-18-15(17)16(3,4)5;1-11(2)18-13-8-6-12(7-9-13)10-17-14(16)15(3,4)5/h6-9,12H,10-11H2,1-5H3;6-9,11H,10H2,1-5H3. The third kappa shape index (κ3) is 12.8. The zero-order chi connectivity index (χ0) is 27.5. The first kappa shape index (κ1) is 31.2. The predicted octanol–water partition coefficient (Wildman–Crippen LogP) is 7.54. The van der Waals surface area contributed by atoms with E-state index in [-0.39, 0.29) is 18.0 Å². The molecule has 0 saturated carbocycles. The number of hydrogen-bond acceptors (Lipinski definition) is 5. The number of rotatable bonds is 8. The third-order valence-corrected chi connectivity index (χ3v) is 4.93. The van der Waals surface area contributed by atoms with Gasteiger partial charge in [0, 0.05) is 0 Å². The number of esters is 2. The van der Waals surface area contributed by atoms with E-state index < -0.39 is 10.8 Å². The third-order valence-electron chi connectivity index (χ3n) is 4.93. The van der Waals surface area contributed by atoms with Crippen molar-refractivity contribution in [3.63, 3.8) is 0 Å². The highest BCUT2D eigenvalue weighted by Gasteiger charge is 2.23. The molecule has 0 fully saturated rings. The van der Waals surface area contributed by atoms with E-state index in [1.54, 1.807) is 0 Å². The number of carbonyl (C=O) groups is 2. The molecule has 0 heterocycles. The van der Waals surface area contributed by atoms with E-state index in [1.165, 1.54) is 5.56 Å². The van der Waals surface area contributed by atoms with Crippen molar-refractivity contribution in [2.24, 2.45) is 16.7 Å². The van der Waals surface area contributed by atoms with Crippen LogP contribution in [-0.2, 0) is 38.7 Å². The van der Waals surface area contributed by atoms with Crippen molar-refractivity contribution in [3.8, 4) is 5.75 Å². The smallest absolute Gasteiger partial charge is 0.311 e. The molecular weight excluding hydrogens is 452 g/mol. The molecule has 0 spiro atoms. The minimum atomic E-state index is -0.458. The summed E-state index contributed by atoms with van der Waals surface area (Å²) in [5.41, 5.74) is 2.44. The van der Waals surface area contributed by atoms with Crippen molar-refractivity contribution in [3.05, 3.63) is 65.2 Å². The fraction of sp³-hybridized carbons (Fsp3) is 0.548. The average molecular weight is 499 g/mol. The van der Waals surface area contributed by atoms with E-state index in [0.29, 0.717) is 19.1 Å². The molecule has 0 saturated heterocycles. The summed E-state index contributed by atoms with van der Waals surface area (Å²) < 4.78 is 16.0. The fourth-order valence-electron chi connectivity index (χ4n) is 2.91. The topological polar surface area (TPSA) is 61.8 Å². The maximum absolute atomic E-state index is 11.6. The molecule has 0 aliphatic carbocycles. The van der Waals surface area contributed by atoms with Crippen LogP contribution in [-0.4, -0.2) is 18.0 Å². The lowest BCUT2D eigenvalue weighted by atomic mass is 9.97. The van der Waals surface area contributed by atoms with Crippen molar-refractivity contribution in [1.82, 2.24) is 0 Å². The van der Waals surface area contributed by atoms with Crippen molar-refractivity contribution < 1.29 is 23.8 Å². The molecule has 0 aromatic heterocycles. The van der Waals surface area contributed by atoms with E-state index >= 15 is 0 Å². The Morgan fingerprint density at radius 1 is 0.639 bits per heavy atom. The van der Waals surface area contributed by atoms with Crippen LogP contribution in [0.4, 0.5) is 0 Å². The molecule has 2 aromatic rings. The van der Waals surface area contributed by atoms with Crippen LogP contribution in [0.3, 0.4) is 0 Å². The Morgan fingerprint density at radius 2 is 1.00 bits per heavy atom. The van der Waals surface area contributed by atoms with Gasteiger partial charge in [0.15, 0.2) is 0 Å². The van der Waals surface area contributed by atoms with Gasteiger partial charge in [0.2, 0.25) is 0 Å². The summed E-state index contributed by atoms with van der Waals surface area (Å²) in [7, 11) is 0. The summed E-state index contributed by atoms with van der Waals surface area (Å²) in [4.78, 5) is 23.2. The van der Waals surface area contributed by atoms with Crippen molar-refractivity contribution in [2.75, 3.05) is 0 Å². The molecule has 36 heavy (non-hydrogen) atoms. The van der Waals surface area contributed by atoms with Crippen LogP contribution in [0.1, 0.15) is 85.9 Å². The lowest BCUT2D eigenvalue weighted by Gasteiger charge is -2.16. The van der Waals surface area contributed by atoms with Crippen molar-refractivity contribution >= 4 is 11.9 Å². The van der Waals surface area contributed by atoms with Gasteiger partial charge in [-0.15, -0.1) is 0 Å². The van der Waals surface area contributed by atoms with Crippen LogP contribution in [0.25, 0.3) is 0 Å². The highest BCUT2D eigenvalue weighted by atomic mass is 16.5. The van der Waals surface area contributed by atoms with E-state index in [9.17, 15) is 9.59 Å². The first-order chi connectivity index (χ1) is 16.6. The first-order valence-corrected chi connectivity index (χ1v) is 12.8. The van der Waals surface area contributed by atoms with Crippen LogP contribution >= 0.6 is 0 Å². The maximum Gasteiger partial charge on any atom is 0.311 e. The highest BCUT2D eigenvalue weighted by molar-refractivity contribution is 5.75. The van der Waals surface area contributed by atoms with E-state index in [2.05, 4.69) is 26.0 Å². The van der Waals surface area contributed by atoms with E-state index in [4.69, 9.17) is 14.2 Å². The maximum atomic E-state index is 11.6. The summed E-state index contributed by atoms with van der Waals surface area (Å²) in [6, 6.07) is 15.9. The van der Waals surface area contributed by atoms with Crippen molar-refractivity contribution in [1.29, 1.82) is 0 Å². The Hall–Kier alpha value is -2.82. The minimum absolute atomic E-state index is 0.159. The zero-order valence-corrected chi connectivity index (χ0v) is 23.9. The van der Waals surface area contributed by atoms with Gasteiger partial charge in [-0.05, 0) is 96.6 Å². The summed E-state index contributed by atoms with van der Waals surface area (Å²) in [6.07, 6.45) is 1.25. The van der Waals surface area contributed by atoms with Crippen molar-refractivity contribution in [2.45, 2.75) is 95.0 Å². The molecule has 2 aromatic carbocycles. The molecule has 0 amide bonds. The average Bonchev–Trinajstić information content (AvgIpc) is 2.76. The normalized spacial score (nSPS) is 11.6. The zero-order valence-electron chi connectivity index (χ0n) is 23.9. The van der Waals surface area contributed by atoms with Crippen LogP contribution in [0.2, 0.25) is 0 Å². The quantitative estimate of drug-likeness (QED) is 0.352. The van der Waals surface area contributed by atoms with Gasteiger partial charge in [-0.25, -0.2) is 0 Å². The lowest BCUT2D eigenvalue weighted by molar-refractivity contribution is -0.155. The summed E-state index contributed by atoms with van der Waals surface area (Å²) in [6.45, 7) is 20.2. The summed E-state index contributed by atoms with van der Waals surface area (Å²) >= 11 is 0. The molecular formula is C31H46O5. The SMILES string of the molecule is CC(C)Cc1ccc(COC(=O)C(C)(C)C)cc1.CC(C)Oc1ccc(COC(=O)C(C)(C)C)cc1. The van der Waals surface area contributed by atoms with Gasteiger partial charge in [0.25, 0.3) is 0 Å². The molecule has 0 aliphatic rings. The van der Waals surface area contributed by atoms with Gasteiger partial charge in [0.05, 0.1) is 16.9 Å². The molecule has 5 nitrogen and oxygen atoms in total. The van der Waals surface area contributed by atoms with Crippen LogP contribution in [0.5, 0.6) is 5.75 Å². The Morgan fingerprint density at radius 3 is 1.33 bits per heavy atom. The second-order valence-electron chi connectivity index (χ2n) is 11.9. The van der Waals surface area contributed by atoms with Gasteiger partial charge < -0.3 is 14.2 Å². The molecule has 0 N–H and O–H groups in total. The molecule has 2 rings (SSSR count). The molecule has 0 aliphatic heterocycles. The summed E-state index contributed by atoms with van der Waals surface area (Å²) in [5.74, 6) is 1.14. The monoisotopic (exact) mass is 498 g/mol. The Balaban J connectivity index is 0.000000360. The largest absolute Gasteiger partial charge is 0.491 e. The Kier molecular flexibility index (Phi) is 12.2. The number of benzene rings is 2. The molecule has 0 atom stereocenters. The van der Waals surface area contributed by atoms with Gasteiger partial charge in [-0.2, -0.15) is 0 Å². The number of hydrogen-bond donors (Lipinski definition) is 0. The van der Waals surface area contributed by atoms with Gasteiger partial charge >= 0.3 is 11.9 Å². The fourth-order valence-corrected chi connectivity index (χ4v) is 2.91. The van der Waals surface area contributed by atoms with Crippen LogP contribution < -0.4 is 4.74 Å². The molecule has 200 valence electrons. The molecule has 0 unspecified atom stereocenters. The summed E-state index contributed by atoms with van der Waals surface area (Å²) in [5, 5.41) is 0. The molecule has 0 radical (unpaired) electrons. The Labute approximate surface area is 218 Å².